The van der Waals surface area contributed by atoms with Gasteiger partial charge >= 0.3 is 6.09 Å². The smallest absolute Gasteiger partial charge is 0.409 e. The number of carboxylic acid groups (broad SMARTS) is 1. The maximum Gasteiger partial charge on any atom is 0.409 e. The second-order valence-electron chi connectivity index (χ2n) is 6.18. The zero-order valence-electron chi connectivity index (χ0n) is 13.2. The Bertz CT molecular complexity index is 612. The summed E-state index contributed by atoms with van der Waals surface area (Å²) in [5.41, 5.74) is 3.03. The topological polar surface area (TPSA) is 61.8 Å². The summed E-state index contributed by atoms with van der Waals surface area (Å²) in [6.07, 6.45) is -1.06. The van der Waals surface area contributed by atoms with E-state index in [0.29, 0.717) is 5.69 Å². The van der Waals surface area contributed by atoms with Gasteiger partial charge in [0.1, 0.15) is 11.4 Å². The Kier molecular flexibility index (Phi) is 3.97. The first-order chi connectivity index (χ1) is 9.58. The van der Waals surface area contributed by atoms with Gasteiger partial charge in [-0.3, -0.25) is 10.2 Å². The van der Waals surface area contributed by atoms with Crippen LogP contribution in [-0.4, -0.2) is 35.8 Å². The highest BCUT2D eigenvalue weighted by Crippen LogP contribution is 2.53. The summed E-state index contributed by atoms with van der Waals surface area (Å²) in [6.45, 7) is 7.90. The van der Waals surface area contributed by atoms with Crippen molar-refractivity contribution < 1.29 is 14.6 Å². The minimum atomic E-state index is -1.06. The number of nitrogens with zero attached hydrogens (tertiary/aromatic N) is 1. The van der Waals surface area contributed by atoms with Crippen molar-refractivity contribution in [1.29, 1.82) is 0 Å². The highest BCUT2D eigenvalue weighted by Gasteiger charge is 2.45. The van der Waals surface area contributed by atoms with E-state index >= 15 is 0 Å². The molecule has 1 atom stereocenters. The monoisotopic (exact) mass is 356 g/mol. The largest absolute Gasteiger partial charge is 0.484 e. The molecule has 116 valence electrons. The van der Waals surface area contributed by atoms with E-state index in [-0.39, 0.29) is 11.6 Å². The van der Waals surface area contributed by atoms with E-state index in [0.717, 1.165) is 26.9 Å². The number of likely N-dealkylation sites (N-methyl/N-ethyl adjacent to an activating group) is 1. The van der Waals surface area contributed by atoms with Gasteiger partial charge in [-0.05, 0) is 68.8 Å². The van der Waals surface area contributed by atoms with Crippen LogP contribution in [-0.2, 0) is 0 Å². The Labute approximate surface area is 133 Å². The van der Waals surface area contributed by atoms with Crippen LogP contribution in [0.25, 0.3) is 0 Å². The van der Waals surface area contributed by atoms with Crippen LogP contribution in [0.15, 0.2) is 4.47 Å². The molecule has 0 spiro atoms. The van der Waals surface area contributed by atoms with Crippen molar-refractivity contribution in [3.63, 3.8) is 0 Å². The van der Waals surface area contributed by atoms with Crippen LogP contribution in [0.1, 0.15) is 36.6 Å². The summed E-state index contributed by atoms with van der Waals surface area (Å²) >= 11 is 3.56. The van der Waals surface area contributed by atoms with Crippen LogP contribution < -0.4 is 10.1 Å². The van der Waals surface area contributed by atoms with Gasteiger partial charge in [-0.2, -0.15) is 0 Å². The molecule has 1 aliphatic heterocycles. The zero-order valence-corrected chi connectivity index (χ0v) is 14.8. The summed E-state index contributed by atoms with van der Waals surface area (Å²) < 4.78 is 6.97. The average molecular weight is 357 g/mol. The quantitative estimate of drug-likeness (QED) is 0.842. The lowest BCUT2D eigenvalue weighted by atomic mass is 9.89. The van der Waals surface area contributed by atoms with Crippen LogP contribution >= 0.6 is 15.9 Å². The van der Waals surface area contributed by atoms with Crippen molar-refractivity contribution in [3.05, 3.63) is 21.2 Å². The number of hydrogen-bond donors (Lipinski definition) is 2. The van der Waals surface area contributed by atoms with Crippen molar-refractivity contribution >= 4 is 27.7 Å². The summed E-state index contributed by atoms with van der Waals surface area (Å²) in [4.78, 5) is 13.2. The Morgan fingerprint density at radius 3 is 2.38 bits per heavy atom. The molecule has 1 unspecified atom stereocenters. The number of nitrogens with one attached hydrogen (secondary N) is 1. The molecule has 1 amide bonds. The molecule has 0 aliphatic carbocycles. The predicted molar refractivity (Wildman–Crippen MR) is 86.4 cm³/mol. The van der Waals surface area contributed by atoms with Gasteiger partial charge in [0.25, 0.3) is 0 Å². The van der Waals surface area contributed by atoms with Gasteiger partial charge in [-0.25, -0.2) is 4.79 Å². The van der Waals surface area contributed by atoms with Gasteiger partial charge in [-0.15, -0.1) is 0 Å². The Morgan fingerprint density at radius 2 is 1.90 bits per heavy atom. The molecule has 0 radical (unpaired) electrons. The second-order valence-corrected chi connectivity index (χ2v) is 6.98. The molecule has 2 rings (SSSR count). The van der Waals surface area contributed by atoms with Gasteiger partial charge in [0.15, 0.2) is 0 Å². The SMILES string of the molecule is Cc1c(Br)c2c(c(C)c1NC(=O)O)C(N(C)C)C(C)(C)O2. The van der Waals surface area contributed by atoms with E-state index in [9.17, 15) is 4.79 Å². The third kappa shape index (κ3) is 2.51. The van der Waals surface area contributed by atoms with Gasteiger partial charge in [0, 0.05) is 5.56 Å². The minimum Gasteiger partial charge on any atom is -0.484 e. The second kappa shape index (κ2) is 5.18. The molecule has 1 aromatic rings. The molecule has 1 aromatic carbocycles. The molecule has 0 bridgehead atoms. The molecule has 0 aromatic heterocycles. The zero-order chi connectivity index (χ0) is 16.1. The van der Waals surface area contributed by atoms with Gasteiger partial charge in [0.2, 0.25) is 0 Å². The number of rotatable bonds is 2. The molecule has 5 nitrogen and oxygen atoms in total. The van der Waals surface area contributed by atoms with Crippen molar-refractivity contribution in [2.45, 2.75) is 39.3 Å². The molecular weight excluding hydrogens is 336 g/mol. The van der Waals surface area contributed by atoms with Crippen LogP contribution in [0.2, 0.25) is 0 Å². The molecule has 21 heavy (non-hydrogen) atoms. The van der Waals surface area contributed by atoms with E-state index in [1.165, 1.54) is 0 Å². The van der Waals surface area contributed by atoms with Crippen LogP contribution in [0, 0.1) is 13.8 Å². The standard InChI is InChI=1S/C15H21BrN2O3/c1-7-9-12(21-15(3,4)13(9)18(5)6)10(16)8(2)11(7)17-14(19)20/h13,17H,1-6H3,(H,19,20). The van der Waals surface area contributed by atoms with Crippen molar-refractivity contribution in [2.24, 2.45) is 0 Å². The summed E-state index contributed by atoms with van der Waals surface area (Å²) in [6, 6.07) is 0.0544. The molecule has 0 fully saturated rings. The van der Waals surface area contributed by atoms with E-state index in [1.807, 2.05) is 41.8 Å². The number of anilines is 1. The fraction of sp³-hybridized carbons (Fsp3) is 0.533. The minimum absolute atomic E-state index is 0.0544. The van der Waals surface area contributed by atoms with E-state index < -0.39 is 6.09 Å². The molecule has 1 heterocycles. The lowest BCUT2D eigenvalue weighted by Crippen LogP contribution is -2.38. The van der Waals surface area contributed by atoms with Gasteiger partial charge < -0.3 is 9.84 Å². The summed E-state index contributed by atoms with van der Waals surface area (Å²) in [5.74, 6) is 0.810. The normalized spacial score (nSPS) is 19.3. The molecule has 0 saturated heterocycles. The predicted octanol–water partition coefficient (Wildman–Crippen LogP) is 3.93. The molecule has 0 saturated carbocycles. The summed E-state index contributed by atoms with van der Waals surface area (Å²) in [7, 11) is 4.00. The maximum absolute atomic E-state index is 11.1. The number of benzene rings is 1. The Morgan fingerprint density at radius 1 is 1.33 bits per heavy atom. The first-order valence-electron chi connectivity index (χ1n) is 6.75. The highest BCUT2D eigenvalue weighted by atomic mass is 79.9. The highest BCUT2D eigenvalue weighted by molar-refractivity contribution is 9.10. The number of ether oxygens (including phenoxy) is 1. The lowest BCUT2D eigenvalue weighted by Gasteiger charge is -2.32. The lowest BCUT2D eigenvalue weighted by molar-refractivity contribution is 0.0518. The number of hydrogen-bond acceptors (Lipinski definition) is 3. The van der Waals surface area contributed by atoms with Crippen LogP contribution in [0.4, 0.5) is 10.5 Å². The van der Waals surface area contributed by atoms with Crippen molar-refractivity contribution in [3.8, 4) is 5.75 Å². The fourth-order valence-corrected chi connectivity index (χ4v) is 3.75. The van der Waals surface area contributed by atoms with E-state index in [2.05, 4.69) is 26.1 Å². The number of fused-ring (bicyclic) bond motifs is 1. The van der Waals surface area contributed by atoms with Crippen molar-refractivity contribution in [2.75, 3.05) is 19.4 Å². The van der Waals surface area contributed by atoms with Gasteiger partial charge in [-0.1, -0.05) is 0 Å². The third-order valence-corrected chi connectivity index (χ3v) is 4.93. The number of halogens is 1. The Balaban J connectivity index is 2.74. The molecular formula is C15H21BrN2O3. The van der Waals surface area contributed by atoms with Crippen LogP contribution in [0.3, 0.4) is 0 Å². The first kappa shape index (κ1) is 16.1. The third-order valence-electron chi connectivity index (χ3n) is 3.97. The number of amides is 1. The van der Waals surface area contributed by atoms with Crippen LogP contribution in [0.5, 0.6) is 5.75 Å². The molecule has 1 aliphatic rings. The van der Waals surface area contributed by atoms with Gasteiger partial charge in [0.05, 0.1) is 16.2 Å². The average Bonchev–Trinajstić information content (AvgIpc) is 2.63. The Hall–Kier alpha value is -1.27. The fourth-order valence-electron chi connectivity index (χ4n) is 3.25. The molecule has 6 heteroatoms. The molecule has 2 N–H and O–H groups in total. The number of carbonyl (C=O) groups is 1. The van der Waals surface area contributed by atoms with E-state index in [1.54, 1.807) is 0 Å². The maximum atomic E-state index is 11.1. The first-order valence-corrected chi connectivity index (χ1v) is 7.55. The van der Waals surface area contributed by atoms with E-state index in [4.69, 9.17) is 9.84 Å². The summed E-state index contributed by atoms with van der Waals surface area (Å²) in [5, 5.41) is 11.6. The van der Waals surface area contributed by atoms with Crippen molar-refractivity contribution in [1.82, 2.24) is 4.90 Å².